The maximum absolute atomic E-state index is 12.9. The summed E-state index contributed by atoms with van der Waals surface area (Å²) in [5.74, 6) is -1.89. The zero-order valence-corrected chi connectivity index (χ0v) is 34.0. The number of thioether (sulfide) groups is 2. The number of hydrogen-bond donors (Lipinski definition) is 2. The third kappa shape index (κ3) is 14.3. The first kappa shape index (κ1) is 44.3. The Bertz CT molecular complexity index is 1600. The largest absolute Gasteiger partial charge is 0.481 e. The topological polar surface area (TPSA) is 109 Å². The third-order valence-corrected chi connectivity index (χ3v) is 11.5. The number of Topliss-reactive ketones (excluding diaryl/α,β-unsaturated/α-hetero) is 2. The van der Waals surface area contributed by atoms with Gasteiger partial charge in [-0.2, -0.15) is 0 Å². The lowest BCUT2D eigenvalue weighted by Gasteiger charge is -2.36. The molecule has 0 spiro atoms. The Morgan fingerprint density at radius 3 is 1.23 bits per heavy atom. The number of carboxylic acids is 2. The Morgan fingerprint density at radius 2 is 0.904 bits per heavy atom. The molecule has 2 rings (SSSR count). The van der Waals surface area contributed by atoms with E-state index in [4.69, 9.17) is 10.2 Å². The maximum atomic E-state index is 12.9. The van der Waals surface area contributed by atoms with Gasteiger partial charge < -0.3 is 10.2 Å². The monoisotopic (exact) mass is 744 g/mol. The number of carbonyl (C=O) groups is 4. The molecule has 6 nitrogen and oxygen atoms in total. The fourth-order valence-corrected chi connectivity index (χ4v) is 8.59. The van der Waals surface area contributed by atoms with Crippen molar-refractivity contribution in [1.29, 1.82) is 0 Å². The van der Waals surface area contributed by atoms with Crippen molar-refractivity contribution < 1.29 is 29.4 Å². The van der Waals surface area contributed by atoms with E-state index >= 15 is 0 Å². The van der Waals surface area contributed by atoms with Gasteiger partial charge in [0.05, 0.1) is 22.0 Å². The van der Waals surface area contributed by atoms with Crippen LogP contribution in [-0.4, -0.2) is 55.7 Å². The van der Waals surface area contributed by atoms with Crippen molar-refractivity contribution in [3.05, 3.63) is 130 Å². The van der Waals surface area contributed by atoms with Crippen LogP contribution in [0.4, 0.5) is 0 Å². The molecule has 0 aromatic carbocycles. The van der Waals surface area contributed by atoms with Crippen LogP contribution in [0.15, 0.2) is 130 Å². The van der Waals surface area contributed by atoms with Gasteiger partial charge in [-0.3, -0.25) is 19.2 Å². The summed E-state index contributed by atoms with van der Waals surface area (Å²) in [5, 5.41) is 17.4. The third-order valence-electron chi connectivity index (χ3n) is 9.09. The van der Waals surface area contributed by atoms with Crippen LogP contribution in [0.25, 0.3) is 0 Å². The van der Waals surface area contributed by atoms with E-state index in [0.29, 0.717) is 24.0 Å². The van der Waals surface area contributed by atoms with Crippen LogP contribution >= 0.6 is 23.5 Å². The number of ketones is 2. The lowest BCUT2D eigenvalue weighted by atomic mass is 9.72. The Hall–Kier alpha value is -3.88. The van der Waals surface area contributed by atoms with Gasteiger partial charge in [-0.05, 0) is 87.5 Å². The van der Waals surface area contributed by atoms with E-state index in [1.54, 1.807) is 0 Å². The molecule has 8 heteroatoms. The van der Waals surface area contributed by atoms with Gasteiger partial charge in [0.1, 0.15) is 0 Å². The Labute approximate surface area is 319 Å². The molecule has 52 heavy (non-hydrogen) atoms. The molecule has 0 saturated heterocycles. The summed E-state index contributed by atoms with van der Waals surface area (Å²) in [6.07, 6.45) is 29.6. The van der Waals surface area contributed by atoms with Crippen LogP contribution in [0.1, 0.15) is 82.1 Å². The first-order chi connectivity index (χ1) is 24.2. The summed E-state index contributed by atoms with van der Waals surface area (Å²) >= 11 is 2.42. The second kappa shape index (κ2) is 20.4. The Balaban J connectivity index is 1.97. The van der Waals surface area contributed by atoms with Gasteiger partial charge in [0, 0.05) is 0 Å². The number of allylic oxidation sites excluding steroid dienone is 22. The van der Waals surface area contributed by atoms with Crippen molar-refractivity contribution in [2.45, 2.75) is 92.6 Å². The van der Waals surface area contributed by atoms with E-state index in [1.807, 2.05) is 127 Å². The van der Waals surface area contributed by atoms with Gasteiger partial charge in [-0.15, -0.1) is 23.5 Å². The lowest BCUT2D eigenvalue weighted by molar-refractivity contribution is -0.135. The summed E-state index contributed by atoms with van der Waals surface area (Å²) in [5.41, 5.74) is 7.27. The van der Waals surface area contributed by atoms with Crippen molar-refractivity contribution in [3.8, 4) is 0 Å². The van der Waals surface area contributed by atoms with E-state index in [9.17, 15) is 19.2 Å². The van der Waals surface area contributed by atoms with Gasteiger partial charge in [0.15, 0.2) is 11.6 Å². The molecule has 0 fully saturated rings. The number of carbonyl (C=O) groups excluding carboxylic acids is 2. The van der Waals surface area contributed by atoms with E-state index in [2.05, 4.69) is 27.7 Å². The second-order valence-electron chi connectivity index (χ2n) is 14.8. The van der Waals surface area contributed by atoms with Crippen LogP contribution in [0, 0.1) is 10.8 Å². The molecular weight excluding hydrogens is 689 g/mol. The van der Waals surface area contributed by atoms with Crippen molar-refractivity contribution in [3.63, 3.8) is 0 Å². The lowest BCUT2D eigenvalue weighted by Crippen LogP contribution is -2.34. The summed E-state index contributed by atoms with van der Waals surface area (Å²) in [6.45, 7) is 20.2. The highest BCUT2D eigenvalue weighted by atomic mass is 32.2. The van der Waals surface area contributed by atoms with Gasteiger partial charge in [-0.1, -0.05) is 135 Å². The quantitative estimate of drug-likeness (QED) is 0.150. The average Bonchev–Trinajstić information content (AvgIpc) is 3.04. The molecule has 2 atom stereocenters. The molecule has 0 aliphatic heterocycles. The predicted molar refractivity (Wildman–Crippen MR) is 221 cm³/mol. The van der Waals surface area contributed by atoms with E-state index in [-0.39, 0.29) is 44.4 Å². The zero-order valence-electron chi connectivity index (χ0n) is 32.4. The summed E-state index contributed by atoms with van der Waals surface area (Å²) in [6, 6.07) is 0. The molecule has 0 radical (unpaired) electrons. The average molecular weight is 745 g/mol. The molecule has 0 bridgehead atoms. The smallest absolute Gasteiger partial charge is 0.313 e. The van der Waals surface area contributed by atoms with E-state index in [0.717, 1.165) is 33.4 Å². The molecule has 0 heterocycles. The summed E-state index contributed by atoms with van der Waals surface area (Å²) in [4.78, 5) is 47.8. The van der Waals surface area contributed by atoms with Crippen molar-refractivity contribution in [1.82, 2.24) is 0 Å². The molecule has 280 valence electrons. The number of rotatable bonds is 16. The van der Waals surface area contributed by atoms with E-state index < -0.39 is 11.9 Å². The van der Waals surface area contributed by atoms with Gasteiger partial charge >= 0.3 is 11.9 Å². The zero-order chi connectivity index (χ0) is 39.2. The van der Waals surface area contributed by atoms with Crippen LogP contribution in [0.2, 0.25) is 0 Å². The van der Waals surface area contributed by atoms with Gasteiger partial charge in [-0.25, -0.2) is 0 Å². The molecule has 0 aromatic heterocycles. The predicted octanol–water partition coefficient (Wildman–Crippen LogP) is 10.6. The highest BCUT2D eigenvalue weighted by Crippen LogP contribution is 2.44. The van der Waals surface area contributed by atoms with E-state index in [1.165, 1.54) is 23.5 Å². The van der Waals surface area contributed by atoms with Crippen molar-refractivity contribution >= 4 is 47.0 Å². The highest BCUT2D eigenvalue weighted by Gasteiger charge is 2.39. The molecule has 0 amide bonds. The van der Waals surface area contributed by atoms with Crippen LogP contribution in [0.5, 0.6) is 0 Å². The number of hydrogen-bond acceptors (Lipinski definition) is 6. The molecular formula is C44H56O6S2. The highest BCUT2D eigenvalue weighted by molar-refractivity contribution is 8.01. The van der Waals surface area contributed by atoms with Gasteiger partial charge in [0.25, 0.3) is 0 Å². The maximum Gasteiger partial charge on any atom is 0.313 e. The molecule has 2 aliphatic carbocycles. The molecule has 0 saturated carbocycles. The summed E-state index contributed by atoms with van der Waals surface area (Å²) in [7, 11) is 0. The minimum Gasteiger partial charge on any atom is -0.481 e. The van der Waals surface area contributed by atoms with Crippen LogP contribution < -0.4 is 0 Å². The standard InChI is InChI=1S/C44H56O6S2/c1-29(17-13-19-31(3)21-23-35-33(5)41(49)37(25-43(35,7)8)51-27-39(45)46)15-11-12-16-30(2)18-14-20-32(4)22-24-36-34(6)42(50)38(26-44(36,9)10)52-28-40(47)48/h11-24,37-38H,25-28H2,1-10H3,(H,45,46)(H,47,48)/b12-11+,17-13+,18-14+,23-21+,24-22+,29-15+,30-16+,31-19+,32-20+. The fraction of sp³-hybridized carbons (Fsp3) is 0.409. The minimum absolute atomic E-state index is 0.0249. The minimum atomic E-state index is -0.902. The first-order valence-electron chi connectivity index (χ1n) is 17.5. The van der Waals surface area contributed by atoms with Gasteiger partial charge in [0.2, 0.25) is 0 Å². The second-order valence-corrected chi connectivity index (χ2v) is 17.2. The SMILES string of the molecule is CC1=C(/C=C/C(C)=C/C=C/C(C)=C/C=C/C=C(C)/C=C/C=C(C)/C=C/C2=C(C)C(=O)C(SCC(=O)O)CC2(C)C)C(C)(C)CC(SCC(=O)O)C1=O. The van der Waals surface area contributed by atoms with Crippen molar-refractivity contribution in [2.75, 3.05) is 11.5 Å². The van der Waals surface area contributed by atoms with Crippen LogP contribution in [0.3, 0.4) is 0 Å². The Morgan fingerprint density at radius 1 is 0.596 bits per heavy atom. The molecule has 2 unspecified atom stereocenters. The molecule has 2 aliphatic rings. The Kier molecular flexibility index (Phi) is 17.4. The van der Waals surface area contributed by atoms with Crippen LogP contribution in [-0.2, 0) is 19.2 Å². The summed E-state index contributed by atoms with van der Waals surface area (Å²) < 4.78 is 0. The number of carboxylic acid groups (broad SMARTS) is 2. The fourth-order valence-electron chi connectivity index (χ4n) is 6.18. The van der Waals surface area contributed by atoms with Crippen molar-refractivity contribution in [2.24, 2.45) is 10.8 Å². The normalized spacial score (nSPS) is 22.4. The number of aliphatic carboxylic acids is 2. The molecule has 0 aromatic rings. The molecule has 2 N–H and O–H groups in total. The first-order valence-corrected chi connectivity index (χ1v) is 19.6.